The van der Waals surface area contributed by atoms with Crippen LogP contribution >= 0.6 is 0 Å². The molecule has 0 radical (unpaired) electrons. The first-order valence-corrected chi connectivity index (χ1v) is 10.3. The van der Waals surface area contributed by atoms with Crippen molar-refractivity contribution in [3.63, 3.8) is 0 Å². The largest absolute Gasteiger partial charge is 0.443 e. The summed E-state index contributed by atoms with van der Waals surface area (Å²) in [7, 11) is -2.72. The van der Waals surface area contributed by atoms with Crippen LogP contribution in [0.3, 0.4) is 0 Å². The van der Waals surface area contributed by atoms with E-state index in [0.717, 1.165) is 5.56 Å². The van der Waals surface area contributed by atoms with Gasteiger partial charge in [0.05, 0.1) is 33.1 Å². The molecule has 0 spiro atoms. The van der Waals surface area contributed by atoms with E-state index in [1.165, 1.54) is 0 Å². The lowest BCUT2D eigenvalue weighted by atomic mass is 10.2. The Balaban J connectivity index is 1.52. The average molecular weight is 388 g/mol. The van der Waals surface area contributed by atoms with Gasteiger partial charge in [0.2, 0.25) is 0 Å². The van der Waals surface area contributed by atoms with Gasteiger partial charge in [-0.25, -0.2) is 13.8 Å². The summed E-state index contributed by atoms with van der Waals surface area (Å²) in [5.74, 6) is 0.266. The molecule has 1 N–H and O–H groups in total. The maximum Gasteiger partial charge on any atom is 0.442 e. The van der Waals surface area contributed by atoms with Crippen LogP contribution in [0.5, 0.6) is 0 Å². The Labute approximate surface area is 157 Å². The molecular weight excluding hydrogens is 368 g/mol. The van der Waals surface area contributed by atoms with Crippen molar-refractivity contribution < 1.29 is 18.5 Å². The van der Waals surface area contributed by atoms with Crippen LogP contribution in [0.15, 0.2) is 59.2 Å². The number of benzene rings is 1. The Kier molecular flexibility index (Phi) is 6.02. The molecule has 1 aliphatic rings. The SMILES string of the molecule is O=C(N=S1(=O)CCN(C(=O)Nc2cccnc2)CC1)OCc1ccccc1. The zero-order valence-corrected chi connectivity index (χ0v) is 15.4. The van der Waals surface area contributed by atoms with E-state index in [4.69, 9.17) is 4.74 Å². The molecule has 27 heavy (non-hydrogen) atoms. The van der Waals surface area contributed by atoms with Gasteiger partial charge in [-0.15, -0.1) is 4.36 Å². The Morgan fingerprint density at radius 2 is 1.89 bits per heavy atom. The number of urea groups is 1. The molecule has 0 bridgehead atoms. The zero-order valence-electron chi connectivity index (χ0n) is 14.6. The molecule has 1 saturated heterocycles. The number of hydrogen-bond donors (Lipinski definition) is 1. The highest BCUT2D eigenvalue weighted by molar-refractivity contribution is 7.94. The van der Waals surface area contributed by atoms with Crippen LogP contribution in [0.2, 0.25) is 0 Å². The predicted molar refractivity (Wildman–Crippen MR) is 102 cm³/mol. The quantitative estimate of drug-likeness (QED) is 0.871. The molecule has 0 saturated carbocycles. The van der Waals surface area contributed by atoms with Crippen LogP contribution in [0.25, 0.3) is 0 Å². The zero-order chi connectivity index (χ0) is 19.1. The first kappa shape index (κ1) is 18.8. The first-order valence-electron chi connectivity index (χ1n) is 8.43. The number of pyridine rings is 1. The second kappa shape index (κ2) is 8.63. The van der Waals surface area contributed by atoms with Crippen LogP contribution in [-0.2, 0) is 21.1 Å². The minimum atomic E-state index is -2.72. The molecule has 142 valence electrons. The number of ether oxygens (including phenoxy) is 1. The summed E-state index contributed by atoms with van der Waals surface area (Å²) >= 11 is 0. The number of nitrogens with one attached hydrogen (secondary N) is 1. The molecule has 3 rings (SSSR count). The molecule has 9 heteroatoms. The number of aromatic nitrogens is 1. The Morgan fingerprint density at radius 1 is 1.15 bits per heavy atom. The number of amides is 3. The van der Waals surface area contributed by atoms with Crippen molar-refractivity contribution in [2.45, 2.75) is 6.61 Å². The molecule has 2 aromatic rings. The number of carbonyl (C=O) groups excluding carboxylic acids is 2. The molecule has 8 nitrogen and oxygen atoms in total. The second-order valence-corrected chi connectivity index (χ2v) is 8.52. The molecule has 1 aromatic heterocycles. The smallest absolute Gasteiger partial charge is 0.442 e. The molecule has 0 unspecified atom stereocenters. The van der Waals surface area contributed by atoms with Crippen molar-refractivity contribution in [2.75, 3.05) is 29.9 Å². The van der Waals surface area contributed by atoms with E-state index in [1.54, 1.807) is 29.4 Å². The summed E-state index contributed by atoms with van der Waals surface area (Å²) in [5.41, 5.74) is 1.42. The summed E-state index contributed by atoms with van der Waals surface area (Å²) in [6, 6.07) is 12.4. The maximum absolute atomic E-state index is 12.7. The van der Waals surface area contributed by atoms with Gasteiger partial charge in [-0.3, -0.25) is 4.98 Å². The van der Waals surface area contributed by atoms with Gasteiger partial charge < -0.3 is 15.0 Å². The molecule has 3 amide bonds. The van der Waals surface area contributed by atoms with E-state index in [2.05, 4.69) is 14.7 Å². The number of anilines is 1. The highest BCUT2D eigenvalue weighted by Crippen LogP contribution is 2.12. The highest BCUT2D eigenvalue weighted by atomic mass is 32.2. The van der Waals surface area contributed by atoms with E-state index in [1.807, 2.05) is 30.3 Å². The highest BCUT2D eigenvalue weighted by Gasteiger charge is 2.25. The summed E-state index contributed by atoms with van der Waals surface area (Å²) < 4.78 is 21.5. The molecule has 2 heterocycles. The van der Waals surface area contributed by atoms with Gasteiger partial charge in [0, 0.05) is 19.3 Å². The fourth-order valence-electron chi connectivity index (χ4n) is 2.53. The van der Waals surface area contributed by atoms with Gasteiger partial charge in [-0.2, -0.15) is 0 Å². The third kappa shape index (κ3) is 5.52. The normalized spacial score (nSPS) is 15.6. The summed E-state index contributed by atoms with van der Waals surface area (Å²) in [4.78, 5) is 29.6. The predicted octanol–water partition coefficient (Wildman–Crippen LogP) is 2.73. The number of nitrogens with zero attached hydrogens (tertiary/aromatic N) is 3. The van der Waals surface area contributed by atoms with Crippen LogP contribution in [0.1, 0.15) is 5.56 Å². The van der Waals surface area contributed by atoms with Crippen LogP contribution < -0.4 is 5.32 Å². The molecular formula is C18H20N4O4S. The molecule has 1 aliphatic heterocycles. The molecule has 1 fully saturated rings. The number of rotatable bonds is 3. The average Bonchev–Trinajstić information content (AvgIpc) is 2.68. The van der Waals surface area contributed by atoms with Gasteiger partial charge >= 0.3 is 12.1 Å². The minimum Gasteiger partial charge on any atom is -0.443 e. The van der Waals surface area contributed by atoms with Gasteiger partial charge in [0.1, 0.15) is 6.61 Å². The van der Waals surface area contributed by atoms with E-state index < -0.39 is 15.8 Å². The monoisotopic (exact) mass is 388 g/mol. The van der Waals surface area contributed by atoms with Gasteiger partial charge in [-0.05, 0) is 17.7 Å². The summed E-state index contributed by atoms with van der Waals surface area (Å²) in [6.07, 6.45) is 2.32. The molecule has 0 aliphatic carbocycles. The van der Waals surface area contributed by atoms with Crippen LogP contribution in [0.4, 0.5) is 15.3 Å². The lowest BCUT2D eigenvalue weighted by Gasteiger charge is -2.28. The second-order valence-electron chi connectivity index (χ2n) is 5.97. The third-order valence-electron chi connectivity index (χ3n) is 4.01. The van der Waals surface area contributed by atoms with E-state index in [9.17, 15) is 13.8 Å². The standard InChI is InChI=1S/C18H20N4O4S/c23-17(20-16-7-4-8-19-13-16)22-9-11-27(25,12-10-22)21-18(24)26-14-15-5-2-1-3-6-15/h1-8,13H,9-12,14H2,(H,20,23). The Morgan fingerprint density at radius 3 is 2.56 bits per heavy atom. The number of hydrogen-bond acceptors (Lipinski definition) is 5. The fourth-order valence-corrected chi connectivity index (χ4v) is 4.26. The van der Waals surface area contributed by atoms with E-state index >= 15 is 0 Å². The molecule has 1 aromatic carbocycles. The lowest BCUT2D eigenvalue weighted by Crippen LogP contribution is -2.45. The fraction of sp³-hybridized carbons (Fsp3) is 0.278. The topological polar surface area (TPSA) is 101 Å². The Hall–Kier alpha value is -2.94. The van der Waals surface area contributed by atoms with Gasteiger partial charge in [0.15, 0.2) is 0 Å². The number of carbonyl (C=O) groups is 2. The first-order chi connectivity index (χ1) is 13.0. The van der Waals surface area contributed by atoms with E-state index in [-0.39, 0.29) is 37.2 Å². The van der Waals surface area contributed by atoms with Crippen molar-refractivity contribution in [3.05, 3.63) is 60.4 Å². The van der Waals surface area contributed by atoms with Gasteiger partial charge in [0.25, 0.3) is 0 Å². The third-order valence-corrected chi connectivity index (χ3v) is 6.13. The van der Waals surface area contributed by atoms with Crippen molar-refractivity contribution in [1.29, 1.82) is 0 Å². The van der Waals surface area contributed by atoms with Crippen molar-refractivity contribution >= 4 is 27.5 Å². The maximum atomic E-state index is 12.7. The Bertz CT molecular complexity index is 897. The molecule has 0 atom stereocenters. The van der Waals surface area contributed by atoms with Crippen LogP contribution in [-0.4, -0.2) is 50.8 Å². The minimum absolute atomic E-state index is 0.0817. The van der Waals surface area contributed by atoms with E-state index in [0.29, 0.717) is 5.69 Å². The van der Waals surface area contributed by atoms with Crippen LogP contribution in [0, 0.1) is 0 Å². The summed E-state index contributed by atoms with van der Waals surface area (Å²) in [5, 5.41) is 2.73. The van der Waals surface area contributed by atoms with Gasteiger partial charge in [-0.1, -0.05) is 30.3 Å². The lowest BCUT2D eigenvalue weighted by molar-refractivity contribution is 0.151. The van der Waals surface area contributed by atoms with Crippen molar-refractivity contribution in [1.82, 2.24) is 9.88 Å². The van der Waals surface area contributed by atoms with Crippen molar-refractivity contribution in [2.24, 2.45) is 4.36 Å². The van der Waals surface area contributed by atoms with Crippen molar-refractivity contribution in [3.8, 4) is 0 Å². The summed E-state index contributed by atoms with van der Waals surface area (Å²) in [6.45, 7) is 0.582.